The van der Waals surface area contributed by atoms with E-state index in [0.29, 0.717) is 12.2 Å². The van der Waals surface area contributed by atoms with E-state index in [9.17, 15) is 9.59 Å². The summed E-state index contributed by atoms with van der Waals surface area (Å²) < 4.78 is 0. The molecule has 3 N–H and O–H groups in total. The lowest BCUT2D eigenvalue weighted by Gasteiger charge is -2.32. The van der Waals surface area contributed by atoms with Gasteiger partial charge in [-0.05, 0) is 36.1 Å². The number of hydrogen-bond donors (Lipinski definition) is 2. The lowest BCUT2D eigenvalue weighted by atomic mass is 9.90. The summed E-state index contributed by atoms with van der Waals surface area (Å²) in [5.41, 5.74) is 7.97. The zero-order chi connectivity index (χ0) is 21.6. The summed E-state index contributed by atoms with van der Waals surface area (Å²) >= 11 is 0. The molecule has 2 heterocycles. The van der Waals surface area contributed by atoms with Crippen LogP contribution in [0.4, 0.5) is 11.5 Å². The Morgan fingerprint density at radius 3 is 2.16 bits per heavy atom. The topological polar surface area (TPSA) is 88.3 Å². The van der Waals surface area contributed by atoms with Crippen molar-refractivity contribution in [3.63, 3.8) is 0 Å². The first-order chi connectivity index (χ1) is 15.1. The van der Waals surface area contributed by atoms with Crippen molar-refractivity contribution in [3.05, 3.63) is 90.1 Å². The van der Waals surface area contributed by atoms with E-state index in [4.69, 9.17) is 5.73 Å². The molecule has 0 saturated carbocycles. The molecule has 1 unspecified atom stereocenters. The highest BCUT2D eigenvalue weighted by Crippen LogP contribution is 2.27. The molecule has 6 heteroatoms. The molecule has 0 bridgehead atoms. The Labute approximate surface area is 182 Å². The molecule has 0 spiro atoms. The van der Waals surface area contributed by atoms with Crippen molar-refractivity contribution >= 4 is 23.3 Å². The highest BCUT2D eigenvalue weighted by Gasteiger charge is 2.25. The Balaban J connectivity index is 1.50. The molecule has 1 aliphatic heterocycles. The summed E-state index contributed by atoms with van der Waals surface area (Å²) in [6.45, 7) is 1.42. The second kappa shape index (κ2) is 9.43. The van der Waals surface area contributed by atoms with Crippen LogP contribution in [0.2, 0.25) is 0 Å². The van der Waals surface area contributed by atoms with E-state index >= 15 is 0 Å². The number of hydrogen-bond acceptors (Lipinski definition) is 4. The fourth-order valence-corrected chi connectivity index (χ4v) is 4.07. The van der Waals surface area contributed by atoms with Crippen LogP contribution in [0, 0.1) is 5.92 Å². The predicted octanol–water partition coefficient (Wildman–Crippen LogP) is 3.55. The third kappa shape index (κ3) is 4.91. The van der Waals surface area contributed by atoms with Crippen LogP contribution in [0.3, 0.4) is 0 Å². The molecule has 2 amide bonds. The Bertz CT molecular complexity index is 983. The maximum atomic E-state index is 13.2. The summed E-state index contributed by atoms with van der Waals surface area (Å²) in [7, 11) is 0. The van der Waals surface area contributed by atoms with Gasteiger partial charge in [-0.3, -0.25) is 9.59 Å². The fraction of sp³-hybridized carbons (Fsp3) is 0.240. The predicted molar refractivity (Wildman–Crippen MR) is 122 cm³/mol. The average molecular weight is 415 g/mol. The van der Waals surface area contributed by atoms with E-state index < -0.39 is 5.92 Å². The number of pyridine rings is 1. The van der Waals surface area contributed by atoms with Crippen LogP contribution in [0.5, 0.6) is 0 Å². The zero-order valence-corrected chi connectivity index (χ0v) is 17.3. The van der Waals surface area contributed by atoms with Crippen LogP contribution in [0.1, 0.15) is 29.9 Å². The van der Waals surface area contributed by atoms with E-state index in [0.717, 1.165) is 36.3 Å². The van der Waals surface area contributed by atoms with E-state index in [1.54, 1.807) is 6.20 Å². The number of nitrogens with two attached hydrogens (primary N) is 1. The Morgan fingerprint density at radius 2 is 1.61 bits per heavy atom. The molecule has 158 valence electrons. The van der Waals surface area contributed by atoms with Gasteiger partial charge < -0.3 is 16.0 Å². The minimum atomic E-state index is -0.416. The van der Waals surface area contributed by atoms with Gasteiger partial charge in [0.2, 0.25) is 11.8 Å². The summed E-state index contributed by atoms with van der Waals surface area (Å²) in [6, 6.07) is 23.2. The van der Waals surface area contributed by atoms with Gasteiger partial charge in [0.1, 0.15) is 5.82 Å². The van der Waals surface area contributed by atoms with Crippen LogP contribution >= 0.6 is 0 Å². The molecule has 0 radical (unpaired) electrons. The number of aromatic nitrogens is 1. The third-order valence-electron chi connectivity index (χ3n) is 5.69. The number of anilines is 2. The van der Waals surface area contributed by atoms with Gasteiger partial charge in [-0.15, -0.1) is 0 Å². The molecular weight excluding hydrogens is 388 g/mol. The number of rotatable bonds is 6. The van der Waals surface area contributed by atoms with E-state index in [-0.39, 0.29) is 17.7 Å². The van der Waals surface area contributed by atoms with Gasteiger partial charge >= 0.3 is 0 Å². The molecule has 1 aromatic heterocycles. The number of carbonyl (C=O) groups is 2. The number of amides is 2. The van der Waals surface area contributed by atoms with Crippen molar-refractivity contribution in [3.8, 4) is 0 Å². The number of carbonyl (C=O) groups excluding carboxylic acids is 2. The quantitative estimate of drug-likeness (QED) is 0.646. The Kier molecular flexibility index (Phi) is 6.26. The molecule has 4 rings (SSSR count). The van der Waals surface area contributed by atoms with Gasteiger partial charge in [0, 0.05) is 13.1 Å². The second-order valence-corrected chi connectivity index (χ2v) is 7.84. The lowest BCUT2D eigenvalue weighted by Crippen LogP contribution is -2.41. The SMILES string of the molecule is NC(=O)C1CCCN(c2ccc(NC(=O)C(c3ccccc3)c3ccccc3)cn2)C1. The van der Waals surface area contributed by atoms with Crippen LogP contribution in [-0.2, 0) is 9.59 Å². The number of piperidine rings is 1. The van der Waals surface area contributed by atoms with Crippen LogP contribution < -0.4 is 16.0 Å². The van der Waals surface area contributed by atoms with E-state index in [2.05, 4.69) is 15.2 Å². The normalized spacial score (nSPS) is 16.2. The first-order valence-electron chi connectivity index (χ1n) is 10.5. The van der Waals surface area contributed by atoms with Crippen molar-refractivity contribution in [2.24, 2.45) is 11.7 Å². The highest BCUT2D eigenvalue weighted by molar-refractivity contribution is 5.98. The van der Waals surface area contributed by atoms with Gasteiger partial charge in [0.25, 0.3) is 0 Å². The van der Waals surface area contributed by atoms with Crippen molar-refractivity contribution in [2.45, 2.75) is 18.8 Å². The van der Waals surface area contributed by atoms with E-state index in [1.807, 2.05) is 72.8 Å². The average Bonchev–Trinajstić information content (AvgIpc) is 2.81. The largest absolute Gasteiger partial charge is 0.369 e. The van der Waals surface area contributed by atoms with Crippen LogP contribution in [0.15, 0.2) is 79.0 Å². The van der Waals surface area contributed by atoms with Crippen molar-refractivity contribution in [1.29, 1.82) is 0 Å². The molecule has 1 aliphatic rings. The fourth-order valence-electron chi connectivity index (χ4n) is 4.07. The number of benzene rings is 2. The van der Waals surface area contributed by atoms with Crippen LogP contribution in [0.25, 0.3) is 0 Å². The maximum Gasteiger partial charge on any atom is 0.236 e. The Hall–Kier alpha value is -3.67. The molecule has 2 aromatic carbocycles. The van der Waals surface area contributed by atoms with Gasteiger partial charge in [-0.25, -0.2) is 4.98 Å². The summed E-state index contributed by atoms with van der Waals surface area (Å²) in [5.74, 6) is -0.153. The molecule has 6 nitrogen and oxygen atoms in total. The van der Waals surface area contributed by atoms with E-state index in [1.165, 1.54) is 0 Å². The van der Waals surface area contributed by atoms with Gasteiger partial charge in [-0.1, -0.05) is 60.7 Å². The van der Waals surface area contributed by atoms with Gasteiger partial charge in [-0.2, -0.15) is 0 Å². The van der Waals surface area contributed by atoms with Crippen LogP contribution in [-0.4, -0.2) is 29.9 Å². The molecule has 3 aromatic rings. The first kappa shape index (κ1) is 20.6. The van der Waals surface area contributed by atoms with Crippen molar-refractivity contribution < 1.29 is 9.59 Å². The maximum absolute atomic E-state index is 13.2. The van der Waals surface area contributed by atoms with Crippen molar-refractivity contribution in [2.75, 3.05) is 23.3 Å². The van der Waals surface area contributed by atoms with Gasteiger partial charge in [0.15, 0.2) is 0 Å². The standard InChI is InChI=1S/C25H26N4O2/c26-24(30)20-12-7-15-29(17-20)22-14-13-21(16-27-22)28-25(31)23(18-8-3-1-4-9-18)19-10-5-2-6-11-19/h1-6,8-11,13-14,16,20,23H,7,12,15,17H2,(H2,26,30)(H,28,31). The number of nitrogens with zero attached hydrogens (tertiary/aromatic N) is 2. The second-order valence-electron chi connectivity index (χ2n) is 7.84. The molecule has 1 saturated heterocycles. The van der Waals surface area contributed by atoms with Gasteiger partial charge in [0.05, 0.1) is 23.7 Å². The Morgan fingerprint density at radius 1 is 0.968 bits per heavy atom. The molecule has 1 fully saturated rings. The number of primary amides is 1. The lowest BCUT2D eigenvalue weighted by molar-refractivity contribution is -0.122. The molecule has 0 aliphatic carbocycles. The third-order valence-corrected chi connectivity index (χ3v) is 5.69. The first-order valence-corrected chi connectivity index (χ1v) is 10.5. The molecule has 1 atom stereocenters. The highest BCUT2D eigenvalue weighted by atomic mass is 16.2. The number of nitrogens with one attached hydrogen (secondary N) is 1. The smallest absolute Gasteiger partial charge is 0.236 e. The van der Waals surface area contributed by atoms with Crippen molar-refractivity contribution in [1.82, 2.24) is 4.98 Å². The molecule has 31 heavy (non-hydrogen) atoms. The summed E-state index contributed by atoms with van der Waals surface area (Å²) in [4.78, 5) is 31.3. The minimum Gasteiger partial charge on any atom is -0.369 e. The monoisotopic (exact) mass is 414 g/mol. The summed E-state index contributed by atoms with van der Waals surface area (Å²) in [5, 5.41) is 3.00. The molecular formula is C25H26N4O2. The summed E-state index contributed by atoms with van der Waals surface area (Å²) in [6.07, 6.45) is 3.39. The minimum absolute atomic E-state index is 0.112. The zero-order valence-electron chi connectivity index (χ0n) is 17.3.